The van der Waals surface area contributed by atoms with Crippen LogP contribution in [0.3, 0.4) is 0 Å². The lowest BCUT2D eigenvalue weighted by atomic mass is 9.37. The van der Waals surface area contributed by atoms with Gasteiger partial charge >= 0.3 is 17.9 Å². The summed E-state index contributed by atoms with van der Waals surface area (Å²) in [7, 11) is 0. The lowest BCUT2D eigenvalue weighted by Gasteiger charge is -2.67. The molecule has 190 valence electrons. The van der Waals surface area contributed by atoms with Gasteiger partial charge in [-0.25, -0.2) is 4.79 Å². The van der Waals surface area contributed by atoms with Gasteiger partial charge in [0.2, 0.25) is 0 Å². The second-order valence-corrected chi connectivity index (χ2v) is 12.5. The maximum atomic E-state index is 13.2. The van der Waals surface area contributed by atoms with Gasteiger partial charge in [-0.3, -0.25) is 9.59 Å². The first kappa shape index (κ1) is 24.3. The molecule has 4 saturated carbocycles. The molecule has 4 fully saturated rings. The van der Waals surface area contributed by atoms with Gasteiger partial charge in [-0.05, 0) is 80.8 Å². The van der Waals surface area contributed by atoms with Crippen molar-refractivity contribution in [3.8, 4) is 0 Å². The van der Waals surface area contributed by atoms with Crippen LogP contribution in [0.4, 0.5) is 0 Å². The van der Waals surface area contributed by atoms with Crippen LogP contribution in [0.1, 0.15) is 89.4 Å². The van der Waals surface area contributed by atoms with Crippen molar-refractivity contribution >= 4 is 17.9 Å². The predicted octanol–water partition coefficient (Wildman–Crippen LogP) is 5.64. The number of hydrogen-bond donors (Lipinski definition) is 1. The van der Waals surface area contributed by atoms with Crippen LogP contribution in [0, 0.1) is 33.5 Å². The van der Waals surface area contributed by atoms with Gasteiger partial charge in [-0.2, -0.15) is 0 Å². The fourth-order valence-corrected chi connectivity index (χ4v) is 9.23. The minimum Gasteiger partial charge on any atom is -0.481 e. The van der Waals surface area contributed by atoms with E-state index in [9.17, 15) is 19.5 Å². The molecule has 0 heterocycles. The van der Waals surface area contributed by atoms with Gasteiger partial charge in [-0.15, -0.1) is 0 Å². The molecule has 0 aliphatic heterocycles. The van der Waals surface area contributed by atoms with Crippen LogP contribution in [-0.2, 0) is 19.1 Å². The fraction of sp³-hybridized carbons (Fsp3) is 0.690. The van der Waals surface area contributed by atoms with Gasteiger partial charge in [0, 0.05) is 18.3 Å². The number of carbonyl (C=O) groups is 3. The number of esters is 2. The predicted molar refractivity (Wildman–Crippen MR) is 130 cm³/mol. The number of aliphatic carboxylic acids is 1. The first-order valence-electron chi connectivity index (χ1n) is 13.1. The summed E-state index contributed by atoms with van der Waals surface area (Å²) in [6, 6.07) is 8.95. The quantitative estimate of drug-likeness (QED) is 0.559. The Labute approximate surface area is 207 Å². The molecule has 0 aromatic heterocycles. The molecule has 0 saturated heterocycles. The van der Waals surface area contributed by atoms with E-state index in [0.717, 1.165) is 38.5 Å². The fourth-order valence-electron chi connectivity index (χ4n) is 9.23. The Kier molecular flexibility index (Phi) is 5.61. The largest absolute Gasteiger partial charge is 0.481 e. The van der Waals surface area contributed by atoms with Crippen molar-refractivity contribution < 1.29 is 29.0 Å². The minimum atomic E-state index is -0.958. The van der Waals surface area contributed by atoms with Crippen LogP contribution < -0.4 is 0 Å². The van der Waals surface area contributed by atoms with Crippen molar-refractivity contribution in [3.05, 3.63) is 35.9 Å². The van der Waals surface area contributed by atoms with Gasteiger partial charge in [0.15, 0.2) is 0 Å². The zero-order chi connectivity index (χ0) is 25.2. The zero-order valence-corrected chi connectivity index (χ0v) is 21.3. The lowest BCUT2D eigenvalue weighted by Crippen LogP contribution is -2.66. The Morgan fingerprint density at radius 1 is 0.943 bits per heavy atom. The van der Waals surface area contributed by atoms with Crippen molar-refractivity contribution in [3.63, 3.8) is 0 Å². The van der Waals surface area contributed by atoms with Crippen LogP contribution in [-0.4, -0.2) is 35.2 Å². The molecular formula is C29H38O6. The summed E-state index contributed by atoms with van der Waals surface area (Å²) >= 11 is 0. The molecule has 5 rings (SSSR count). The van der Waals surface area contributed by atoms with E-state index in [1.54, 1.807) is 12.1 Å². The Balaban J connectivity index is 1.58. The molecule has 0 unspecified atom stereocenters. The molecule has 6 nitrogen and oxygen atoms in total. The molecular weight excluding hydrogens is 444 g/mol. The van der Waals surface area contributed by atoms with Crippen LogP contribution >= 0.6 is 0 Å². The van der Waals surface area contributed by atoms with Crippen molar-refractivity contribution in [2.24, 2.45) is 33.5 Å². The number of fused-ring (bicyclic) bond motifs is 2. The number of hydrogen-bond acceptors (Lipinski definition) is 5. The molecule has 4 aliphatic rings. The first-order valence-corrected chi connectivity index (χ1v) is 13.1. The van der Waals surface area contributed by atoms with E-state index in [-0.39, 0.29) is 40.2 Å². The third kappa shape index (κ3) is 3.46. The standard InChI is InChI=1S/C29H38O6/c1-18(30)34-22-16-20-15-21(35-24(31)19-9-6-5-7-10-19)23-27(3,25(32)33)11-8-12-28(23,4)29(20)14-13-26(22,2)17-29/h5-7,9-10,20-23H,8,11-17H2,1-4H3,(H,32,33)/t20-,21+,22-,23-,26+,27+,28-,29-/m0/s1. The summed E-state index contributed by atoms with van der Waals surface area (Å²) in [6.45, 7) is 7.87. The van der Waals surface area contributed by atoms with Gasteiger partial charge < -0.3 is 14.6 Å². The maximum absolute atomic E-state index is 13.2. The molecule has 1 aromatic rings. The third-order valence-electron chi connectivity index (χ3n) is 10.8. The van der Waals surface area contributed by atoms with Crippen LogP contribution in [0.5, 0.6) is 0 Å². The SMILES string of the molecule is CC(=O)O[C@H]1C[C@@H]2C[C@@H](OC(=O)c3ccccc3)[C@H]3[C@](C)(C(=O)O)CCC[C@]3(C)[C@]23CC[C@]1(C)C3. The van der Waals surface area contributed by atoms with Crippen LogP contribution in [0.2, 0.25) is 0 Å². The second-order valence-electron chi connectivity index (χ2n) is 12.5. The average Bonchev–Trinajstić information content (AvgIpc) is 3.12. The Morgan fingerprint density at radius 3 is 2.31 bits per heavy atom. The van der Waals surface area contributed by atoms with E-state index in [1.807, 2.05) is 25.1 Å². The summed E-state index contributed by atoms with van der Waals surface area (Å²) in [5, 5.41) is 10.5. The van der Waals surface area contributed by atoms with Crippen molar-refractivity contribution in [2.75, 3.05) is 0 Å². The Hall–Kier alpha value is -2.37. The molecule has 4 aliphatic carbocycles. The smallest absolute Gasteiger partial charge is 0.338 e. The highest BCUT2D eigenvalue weighted by atomic mass is 16.5. The summed E-state index contributed by atoms with van der Waals surface area (Å²) in [5.74, 6) is -1.49. The molecule has 0 radical (unpaired) electrons. The minimum absolute atomic E-state index is 0.0319. The summed E-state index contributed by atoms with van der Waals surface area (Å²) in [4.78, 5) is 37.9. The van der Waals surface area contributed by atoms with E-state index in [1.165, 1.54) is 6.92 Å². The van der Waals surface area contributed by atoms with Crippen LogP contribution in [0.15, 0.2) is 30.3 Å². The highest BCUT2D eigenvalue weighted by Gasteiger charge is 2.73. The molecule has 1 aromatic carbocycles. The van der Waals surface area contributed by atoms with Crippen molar-refractivity contribution in [2.45, 2.75) is 91.3 Å². The van der Waals surface area contributed by atoms with Crippen molar-refractivity contribution in [1.29, 1.82) is 0 Å². The van der Waals surface area contributed by atoms with Crippen molar-refractivity contribution in [1.82, 2.24) is 0 Å². The topological polar surface area (TPSA) is 89.9 Å². The Bertz CT molecular complexity index is 1040. The van der Waals surface area contributed by atoms with E-state index in [4.69, 9.17) is 9.47 Å². The number of carbonyl (C=O) groups excluding carboxylic acids is 2. The van der Waals surface area contributed by atoms with Gasteiger partial charge in [0.1, 0.15) is 12.2 Å². The highest BCUT2D eigenvalue weighted by molar-refractivity contribution is 5.89. The number of benzene rings is 1. The normalized spacial score (nSPS) is 44.0. The Morgan fingerprint density at radius 2 is 1.66 bits per heavy atom. The number of rotatable bonds is 4. The number of ether oxygens (including phenoxy) is 2. The number of carboxylic acid groups (broad SMARTS) is 1. The third-order valence-corrected chi connectivity index (χ3v) is 10.8. The molecule has 0 amide bonds. The molecule has 2 bridgehead atoms. The highest BCUT2D eigenvalue weighted by Crippen LogP contribution is 2.76. The van der Waals surface area contributed by atoms with Gasteiger partial charge in [0.25, 0.3) is 0 Å². The first-order chi connectivity index (χ1) is 16.5. The van der Waals surface area contributed by atoms with E-state index >= 15 is 0 Å². The van der Waals surface area contributed by atoms with E-state index in [2.05, 4.69) is 13.8 Å². The van der Waals surface area contributed by atoms with Gasteiger partial charge in [0.05, 0.1) is 11.0 Å². The molecule has 8 atom stereocenters. The summed E-state index contributed by atoms with van der Waals surface area (Å²) in [5.41, 5.74) is -0.879. The second kappa shape index (κ2) is 8.07. The maximum Gasteiger partial charge on any atom is 0.338 e. The van der Waals surface area contributed by atoms with E-state index in [0.29, 0.717) is 18.4 Å². The van der Waals surface area contributed by atoms with Gasteiger partial charge in [-0.1, -0.05) is 38.5 Å². The van der Waals surface area contributed by atoms with Crippen LogP contribution in [0.25, 0.3) is 0 Å². The monoisotopic (exact) mass is 482 g/mol. The molecule has 1 N–H and O–H groups in total. The molecule has 1 spiro atoms. The zero-order valence-electron chi connectivity index (χ0n) is 21.3. The average molecular weight is 483 g/mol. The van der Waals surface area contributed by atoms with E-state index < -0.39 is 23.5 Å². The summed E-state index contributed by atoms with van der Waals surface area (Å²) < 4.78 is 12.1. The molecule has 35 heavy (non-hydrogen) atoms. The molecule has 6 heteroatoms. The summed E-state index contributed by atoms with van der Waals surface area (Å²) in [6.07, 6.45) is 6.03. The lowest BCUT2D eigenvalue weighted by molar-refractivity contribution is -0.235. The number of carboxylic acids is 1.